The minimum atomic E-state index is -0.215. The third-order valence-electron chi connectivity index (χ3n) is 2.63. The zero-order chi connectivity index (χ0) is 10.6. The maximum atomic E-state index is 11.6. The van der Waals surface area contributed by atoms with Gasteiger partial charge in [0.25, 0.3) is 0 Å². The number of carbonyl (C=O) groups excluding carboxylic acids is 2. The molecule has 14 heavy (non-hydrogen) atoms. The van der Waals surface area contributed by atoms with E-state index in [9.17, 15) is 9.59 Å². The molecule has 1 atom stereocenters. The van der Waals surface area contributed by atoms with Crippen molar-refractivity contribution in [3.8, 4) is 0 Å². The van der Waals surface area contributed by atoms with Crippen molar-refractivity contribution in [3.05, 3.63) is 0 Å². The topological polar surface area (TPSA) is 49.4 Å². The first kappa shape index (κ1) is 11.0. The van der Waals surface area contributed by atoms with Crippen molar-refractivity contribution in [3.63, 3.8) is 0 Å². The van der Waals surface area contributed by atoms with E-state index in [2.05, 4.69) is 5.32 Å². The van der Waals surface area contributed by atoms with E-state index in [1.165, 1.54) is 0 Å². The highest BCUT2D eigenvalue weighted by Crippen LogP contribution is 2.12. The fourth-order valence-corrected chi connectivity index (χ4v) is 1.70. The molecule has 4 nitrogen and oxygen atoms in total. The van der Waals surface area contributed by atoms with Crippen LogP contribution in [0.2, 0.25) is 0 Å². The predicted octanol–water partition coefficient (Wildman–Crippen LogP) is 0.381. The molecule has 0 aromatic heterocycles. The van der Waals surface area contributed by atoms with Gasteiger partial charge < -0.3 is 10.2 Å². The Balaban J connectivity index is 2.35. The van der Waals surface area contributed by atoms with Crippen molar-refractivity contribution in [1.29, 1.82) is 0 Å². The van der Waals surface area contributed by atoms with Crippen molar-refractivity contribution in [1.82, 2.24) is 10.2 Å². The lowest BCUT2D eigenvalue weighted by molar-refractivity contribution is -0.135. The highest BCUT2D eigenvalue weighted by Gasteiger charge is 2.22. The summed E-state index contributed by atoms with van der Waals surface area (Å²) in [5.74, 6) is -0.163. The van der Waals surface area contributed by atoms with Crippen molar-refractivity contribution in [2.24, 2.45) is 5.92 Å². The molecule has 1 N–H and O–H groups in total. The van der Waals surface area contributed by atoms with Crippen molar-refractivity contribution in [2.75, 3.05) is 20.1 Å². The Morgan fingerprint density at radius 3 is 2.43 bits per heavy atom. The van der Waals surface area contributed by atoms with E-state index in [-0.39, 0.29) is 17.7 Å². The number of carbonyl (C=O) groups is 2. The summed E-state index contributed by atoms with van der Waals surface area (Å²) < 4.78 is 0. The average Bonchev–Trinajstić information content (AvgIpc) is 2.69. The fourth-order valence-electron chi connectivity index (χ4n) is 1.70. The minimum absolute atomic E-state index is 0.0578. The largest absolute Gasteiger partial charge is 0.359 e. The van der Waals surface area contributed by atoms with Crippen LogP contribution in [0.4, 0.5) is 0 Å². The van der Waals surface area contributed by atoms with Gasteiger partial charge in [0.05, 0.1) is 0 Å². The van der Waals surface area contributed by atoms with Gasteiger partial charge in [-0.3, -0.25) is 9.59 Å². The van der Waals surface area contributed by atoms with E-state index in [0.717, 1.165) is 25.9 Å². The summed E-state index contributed by atoms with van der Waals surface area (Å²) >= 11 is 0. The highest BCUT2D eigenvalue weighted by molar-refractivity contribution is 5.85. The summed E-state index contributed by atoms with van der Waals surface area (Å²) in [7, 11) is 1.60. The Bertz CT molecular complexity index is 222. The SMILES string of the molecule is CNC(=O)C(C)CC(=O)N1CCCC1. The van der Waals surface area contributed by atoms with E-state index in [0.29, 0.717) is 6.42 Å². The highest BCUT2D eigenvalue weighted by atomic mass is 16.2. The molecule has 80 valence electrons. The number of amides is 2. The lowest BCUT2D eigenvalue weighted by Crippen LogP contribution is -2.33. The first-order chi connectivity index (χ1) is 6.65. The molecule has 1 heterocycles. The smallest absolute Gasteiger partial charge is 0.223 e. The van der Waals surface area contributed by atoms with Crippen LogP contribution in [0.5, 0.6) is 0 Å². The minimum Gasteiger partial charge on any atom is -0.359 e. The number of nitrogens with zero attached hydrogens (tertiary/aromatic N) is 1. The van der Waals surface area contributed by atoms with Crippen LogP contribution in [0.1, 0.15) is 26.2 Å². The molecule has 1 saturated heterocycles. The maximum absolute atomic E-state index is 11.6. The summed E-state index contributed by atoms with van der Waals surface area (Å²) in [5, 5.41) is 2.55. The number of hydrogen-bond donors (Lipinski definition) is 1. The van der Waals surface area contributed by atoms with Gasteiger partial charge in [-0.25, -0.2) is 0 Å². The van der Waals surface area contributed by atoms with E-state index in [4.69, 9.17) is 0 Å². The molecule has 0 radical (unpaired) electrons. The molecule has 1 unspecified atom stereocenters. The monoisotopic (exact) mass is 198 g/mol. The zero-order valence-corrected chi connectivity index (χ0v) is 8.88. The summed E-state index contributed by atoms with van der Waals surface area (Å²) in [6, 6.07) is 0. The van der Waals surface area contributed by atoms with Crippen molar-refractivity contribution >= 4 is 11.8 Å². The van der Waals surface area contributed by atoms with E-state index >= 15 is 0 Å². The number of hydrogen-bond acceptors (Lipinski definition) is 2. The second kappa shape index (κ2) is 4.98. The first-order valence-electron chi connectivity index (χ1n) is 5.14. The molecular weight excluding hydrogens is 180 g/mol. The third kappa shape index (κ3) is 2.72. The molecule has 1 rings (SSSR count). The number of nitrogens with one attached hydrogen (secondary N) is 1. The van der Waals surface area contributed by atoms with Gasteiger partial charge in [-0.05, 0) is 12.8 Å². The third-order valence-corrected chi connectivity index (χ3v) is 2.63. The van der Waals surface area contributed by atoms with E-state index in [1.54, 1.807) is 14.0 Å². The Hall–Kier alpha value is -1.06. The van der Waals surface area contributed by atoms with Gasteiger partial charge in [0.2, 0.25) is 11.8 Å². The van der Waals surface area contributed by atoms with Gasteiger partial charge in [-0.15, -0.1) is 0 Å². The summed E-state index contributed by atoms with van der Waals surface area (Å²) in [6.07, 6.45) is 2.53. The maximum Gasteiger partial charge on any atom is 0.223 e. The average molecular weight is 198 g/mol. The van der Waals surface area contributed by atoms with Crippen LogP contribution in [0, 0.1) is 5.92 Å². The van der Waals surface area contributed by atoms with Gasteiger partial charge in [-0.2, -0.15) is 0 Å². The van der Waals surface area contributed by atoms with Gasteiger partial charge in [0, 0.05) is 32.5 Å². The van der Waals surface area contributed by atoms with Crippen molar-refractivity contribution < 1.29 is 9.59 Å². The molecule has 2 amide bonds. The molecule has 0 aromatic carbocycles. The van der Waals surface area contributed by atoms with Crippen LogP contribution in [-0.4, -0.2) is 36.9 Å². The lowest BCUT2D eigenvalue weighted by Gasteiger charge is -2.17. The van der Waals surface area contributed by atoms with Crippen LogP contribution in [0.15, 0.2) is 0 Å². The Labute approximate surface area is 84.7 Å². The molecule has 0 spiro atoms. The summed E-state index contributed by atoms with van der Waals surface area (Å²) in [5.41, 5.74) is 0. The van der Waals surface area contributed by atoms with Crippen LogP contribution in [0.3, 0.4) is 0 Å². The van der Waals surface area contributed by atoms with Crippen molar-refractivity contribution in [2.45, 2.75) is 26.2 Å². The Morgan fingerprint density at radius 2 is 1.93 bits per heavy atom. The zero-order valence-electron chi connectivity index (χ0n) is 8.88. The summed E-state index contributed by atoms with van der Waals surface area (Å²) in [4.78, 5) is 24.6. The summed E-state index contributed by atoms with van der Waals surface area (Å²) in [6.45, 7) is 3.51. The lowest BCUT2D eigenvalue weighted by atomic mass is 10.1. The van der Waals surface area contributed by atoms with Gasteiger partial charge >= 0.3 is 0 Å². The number of rotatable bonds is 3. The molecule has 4 heteroatoms. The fraction of sp³-hybridized carbons (Fsp3) is 0.800. The molecule has 1 aliphatic rings. The van der Waals surface area contributed by atoms with Crippen LogP contribution in [-0.2, 0) is 9.59 Å². The molecule has 0 aromatic rings. The molecular formula is C10H18N2O2. The van der Waals surface area contributed by atoms with Gasteiger partial charge in [0.15, 0.2) is 0 Å². The molecule has 0 aliphatic carbocycles. The first-order valence-corrected chi connectivity index (χ1v) is 5.14. The molecule has 0 saturated carbocycles. The predicted molar refractivity (Wildman–Crippen MR) is 53.7 cm³/mol. The molecule has 1 aliphatic heterocycles. The number of likely N-dealkylation sites (tertiary alicyclic amines) is 1. The second-order valence-corrected chi connectivity index (χ2v) is 3.81. The van der Waals surface area contributed by atoms with Gasteiger partial charge in [-0.1, -0.05) is 6.92 Å². The van der Waals surface area contributed by atoms with E-state index in [1.807, 2.05) is 4.90 Å². The molecule has 0 bridgehead atoms. The molecule has 1 fully saturated rings. The Kier molecular flexibility index (Phi) is 3.92. The van der Waals surface area contributed by atoms with Gasteiger partial charge in [0.1, 0.15) is 0 Å². The van der Waals surface area contributed by atoms with Crippen LogP contribution >= 0.6 is 0 Å². The standard InChI is InChI=1S/C10H18N2O2/c1-8(10(14)11-2)7-9(13)12-5-3-4-6-12/h8H,3-7H2,1-2H3,(H,11,14). The van der Waals surface area contributed by atoms with Crippen LogP contribution in [0.25, 0.3) is 0 Å². The van der Waals surface area contributed by atoms with E-state index < -0.39 is 0 Å². The quantitative estimate of drug-likeness (QED) is 0.712. The Morgan fingerprint density at radius 1 is 1.36 bits per heavy atom. The normalized spacial score (nSPS) is 18.0. The van der Waals surface area contributed by atoms with Crippen LogP contribution < -0.4 is 5.32 Å². The second-order valence-electron chi connectivity index (χ2n) is 3.81.